The van der Waals surface area contributed by atoms with E-state index in [4.69, 9.17) is 4.74 Å². The predicted octanol–water partition coefficient (Wildman–Crippen LogP) is 2.68. The predicted molar refractivity (Wildman–Crippen MR) is 79.4 cm³/mol. The van der Waals surface area contributed by atoms with Crippen LogP contribution in [0, 0.1) is 23.0 Å². The maximum atomic E-state index is 11.7. The third-order valence-electron chi connectivity index (χ3n) is 3.78. The van der Waals surface area contributed by atoms with Gasteiger partial charge in [0.2, 0.25) is 0 Å². The highest BCUT2D eigenvalue weighted by atomic mass is 16.6. The molecule has 0 N–H and O–H groups in total. The number of hydrogen-bond donors (Lipinski definition) is 0. The Balaban J connectivity index is 2.10. The summed E-state index contributed by atoms with van der Waals surface area (Å²) in [7, 11) is 0. The highest BCUT2D eigenvalue weighted by Crippen LogP contribution is 2.32. The van der Waals surface area contributed by atoms with Gasteiger partial charge in [0.15, 0.2) is 0 Å². The average Bonchev–Trinajstić information content (AvgIpc) is 2.47. The van der Waals surface area contributed by atoms with Crippen molar-refractivity contribution in [2.75, 3.05) is 24.6 Å². The first-order valence-corrected chi connectivity index (χ1v) is 7.19. The summed E-state index contributed by atoms with van der Waals surface area (Å²) in [5.41, 5.74) is 1.75. The topological polar surface area (TPSA) is 72.7 Å². The molecule has 6 nitrogen and oxygen atoms in total. The number of anilines is 1. The van der Waals surface area contributed by atoms with Crippen molar-refractivity contribution in [1.29, 1.82) is 0 Å². The lowest BCUT2D eigenvalue weighted by atomic mass is 9.96. The van der Waals surface area contributed by atoms with E-state index in [-0.39, 0.29) is 22.5 Å². The highest BCUT2D eigenvalue weighted by molar-refractivity contribution is 5.73. The Morgan fingerprint density at radius 3 is 2.67 bits per heavy atom. The molecule has 1 saturated heterocycles. The molecule has 114 valence electrons. The van der Waals surface area contributed by atoms with E-state index in [0.717, 1.165) is 5.56 Å². The van der Waals surface area contributed by atoms with Gasteiger partial charge in [-0.25, -0.2) is 0 Å². The number of piperidine rings is 1. The second-order valence-electron chi connectivity index (χ2n) is 5.26. The number of ether oxygens (including phenoxy) is 1. The molecule has 0 radical (unpaired) electrons. The third kappa shape index (κ3) is 3.51. The normalized spacial score (nSPS) is 15.8. The molecule has 0 atom stereocenters. The molecule has 0 amide bonds. The number of rotatable bonds is 4. The summed E-state index contributed by atoms with van der Waals surface area (Å²) in [6, 6.07) is 5.12. The summed E-state index contributed by atoms with van der Waals surface area (Å²) in [5, 5.41) is 11.1. The number of carbonyl (C=O) groups excluding carboxylic acids is 1. The van der Waals surface area contributed by atoms with Crippen molar-refractivity contribution in [3.8, 4) is 0 Å². The molecule has 0 unspecified atom stereocenters. The van der Waals surface area contributed by atoms with Gasteiger partial charge < -0.3 is 9.64 Å². The van der Waals surface area contributed by atoms with Gasteiger partial charge in [0.05, 0.1) is 17.4 Å². The summed E-state index contributed by atoms with van der Waals surface area (Å²) in [5.74, 6) is -0.249. The molecule has 21 heavy (non-hydrogen) atoms. The highest BCUT2D eigenvalue weighted by Gasteiger charge is 2.28. The monoisotopic (exact) mass is 292 g/mol. The van der Waals surface area contributed by atoms with Crippen LogP contribution >= 0.6 is 0 Å². The molecule has 0 aromatic heterocycles. The molecule has 0 bridgehead atoms. The van der Waals surface area contributed by atoms with E-state index >= 15 is 0 Å². The van der Waals surface area contributed by atoms with Crippen LogP contribution in [0.15, 0.2) is 18.2 Å². The molecule has 2 rings (SSSR count). The van der Waals surface area contributed by atoms with Gasteiger partial charge in [-0.1, -0.05) is 6.07 Å². The van der Waals surface area contributed by atoms with Crippen LogP contribution in [0.2, 0.25) is 0 Å². The minimum atomic E-state index is -0.355. The number of nitro groups is 1. The number of nitrogens with zero attached hydrogens (tertiary/aromatic N) is 2. The van der Waals surface area contributed by atoms with Crippen LogP contribution in [0.5, 0.6) is 0 Å². The van der Waals surface area contributed by atoms with Crippen molar-refractivity contribution in [2.24, 2.45) is 5.92 Å². The van der Waals surface area contributed by atoms with Crippen LogP contribution in [-0.4, -0.2) is 30.6 Å². The molecular formula is C15H20N2O4. The van der Waals surface area contributed by atoms with E-state index in [9.17, 15) is 14.9 Å². The Hall–Kier alpha value is -2.11. The molecule has 0 spiro atoms. The molecule has 0 aliphatic carbocycles. The van der Waals surface area contributed by atoms with Gasteiger partial charge in [0.25, 0.3) is 5.69 Å². The fourth-order valence-electron chi connectivity index (χ4n) is 2.66. The van der Waals surface area contributed by atoms with Crippen LogP contribution < -0.4 is 4.90 Å². The number of nitro benzene ring substituents is 1. The Kier molecular flexibility index (Phi) is 4.77. The summed E-state index contributed by atoms with van der Waals surface area (Å²) in [6.45, 7) is 5.37. The van der Waals surface area contributed by atoms with Gasteiger partial charge in [0, 0.05) is 19.2 Å². The standard InChI is InChI=1S/C15H20N2O4/c1-3-21-15(18)12-6-8-16(9-7-12)14-10-11(2)4-5-13(14)17(19)20/h4-5,10,12H,3,6-9H2,1-2H3. The van der Waals surface area contributed by atoms with Gasteiger partial charge in [0.1, 0.15) is 5.69 Å². The third-order valence-corrected chi connectivity index (χ3v) is 3.78. The van der Waals surface area contributed by atoms with E-state index in [1.54, 1.807) is 19.1 Å². The zero-order valence-electron chi connectivity index (χ0n) is 12.4. The number of hydrogen-bond acceptors (Lipinski definition) is 5. The Bertz CT molecular complexity index is 536. The van der Waals surface area contributed by atoms with E-state index in [1.807, 2.05) is 17.9 Å². The Labute approximate surface area is 123 Å². The van der Waals surface area contributed by atoms with Crippen molar-refractivity contribution in [2.45, 2.75) is 26.7 Å². The summed E-state index contributed by atoms with van der Waals surface area (Å²) < 4.78 is 5.04. The van der Waals surface area contributed by atoms with Gasteiger partial charge in [-0.2, -0.15) is 0 Å². The van der Waals surface area contributed by atoms with Crippen molar-refractivity contribution in [3.05, 3.63) is 33.9 Å². The van der Waals surface area contributed by atoms with E-state index in [1.165, 1.54) is 0 Å². The molecule has 1 heterocycles. The molecule has 0 saturated carbocycles. The van der Waals surface area contributed by atoms with Gasteiger partial charge >= 0.3 is 5.97 Å². The number of esters is 1. The average molecular weight is 292 g/mol. The Morgan fingerprint density at radius 1 is 1.43 bits per heavy atom. The molecule has 1 aromatic rings. The van der Waals surface area contributed by atoms with E-state index in [2.05, 4.69) is 0 Å². The summed E-state index contributed by atoms with van der Waals surface area (Å²) in [4.78, 5) is 24.5. The van der Waals surface area contributed by atoms with Gasteiger partial charge in [-0.05, 0) is 38.3 Å². The van der Waals surface area contributed by atoms with Crippen molar-refractivity contribution >= 4 is 17.3 Å². The molecular weight excluding hydrogens is 272 g/mol. The van der Waals surface area contributed by atoms with E-state index < -0.39 is 0 Å². The zero-order chi connectivity index (χ0) is 15.4. The van der Waals surface area contributed by atoms with Crippen LogP contribution in [0.3, 0.4) is 0 Å². The van der Waals surface area contributed by atoms with Gasteiger partial charge in [-0.3, -0.25) is 14.9 Å². The summed E-state index contributed by atoms with van der Waals surface area (Å²) >= 11 is 0. The number of aryl methyl sites for hydroxylation is 1. The zero-order valence-corrected chi connectivity index (χ0v) is 12.4. The van der Waals surface area contributed by atoms with Crippen molar-refractivity contribution in [3.63, 3.8) is 0 Å². The Morgan fingerprint density at radius 2 is 2.10 bits per heavy atom. The molecule has 6 heteroatoms. The molecule has 1 aromatic carbocycles. The molecule has 1 aliphatic heterocycles. The molecule has 1 aliphatic rings. The van der Waals surface area contributed by atoms with Crippen LogP contribution in [0.25, 0.3) is 0 Å². The first kappa shape index (κ1) is 15.3. The number of benzene rings is 1. The SMILES string of the molecule is CCOC(=O)C1CCN(c2cc(C)ccc2[N+](=O)[O-])CC1. The first-order chi connectivity index (χ1) is 10.0. The fraction of sp³-hybridized carbons (Fsp3) is 0.533. The fourth-order valence-corrected chi connectivity index (χ4v) is 2.66. The number of carbonyl (C=O) groups is 1. The lowest BCUT2D eigenvalue weighted by molar-refractivity contribution is -0.384. The van der Waals surface area contributed by atoms with Gasteiger partial charge in [-0.15, -0.1) is 0 Å². The first-order valence-electron chi connectivity index (χ1n) is 7.19. The van der Waals surface area contributed by atoms with E-state index in [0.29, 0.717) is 38.2 Å². The second-order valence-corrected chi connectivity index (χ2v) is 5.26. The quantitative estimate of drug-likeness (QED) is 0.484. The van der Waals surface area contributed by atoms with Crippen molar-refractivity contribution in [1.82, 2.24) is 0 Å². The summed E-state index contributed by atoms with van der Waals surface area (Å²) in [6.07, 6.45) is 1.34. The lowest BCUT2D eigenvalue weighted by Crippen LogP contribution is -2.37. The maximum Gasteiger partial charge on any atom is 0.309 e. The van der Waals surface area contributed by atoms with Crippen LogP contribution in [-0.2, 0) is 9.53 Å². The minimum absolute atomic E-state index is 0.0925. The smallest absolute Gasteiger partial charge is 0.309 e. The van der Waals surface area contributed by atoms with Crippen LogP contribution in [0.1, 0.15) is 25.3 Å². The minimum Gasteiger partial charge on any atom is -0.466 e. The largest absolute Gasteiger partial charge is 0.466 e. The molecule has 1 fully saturated rings. The lowest BCUT2D eigenvalue weighted by Gasteiger charge is -2.32. The van der Waals surface area contributed by atoms with Crippen molar-refractivity contribution < 1.29 is 14.5 Å². The van der Waals surface area contributed by atoms with Crippen LogP contribution in [0.4, 0.5) is 11.4 Å². The maximum absolute atomic E-state index is 11.7. The second kappa shape index (κ2) is 6.56.